The van der Waals surface area contributed by atoms with Crippen LogP contribution in [-0.4, -0.2) is 3.21 Å². The number of halogens is 2. The van der Waals surface area contributed by atoms with Crippen molar-refractivity contribution in [3.63, 3.8) is 0 Å². The zero-order chi connectivity index (χ0) is 33.6. The first-order chi connectivity index (χ1) is 23.1. The van der Waals surface area contributed by atoms with Gasteiger partial charge in [0.15, 0.2) is 0 Å². The minimum absolute atomic E-state index is 0. The summed E-state index contributed by atoms with van der Waals surface area (Å²) in [7, 11) is 0. The van der Waals surface area contributed by atoms with Crippen molar-refractivity contribution in [1.82, 2.24) is 0 Å². The van der Waals surface area contributed by atoms with Gasteiger partial charge in [0.1, 0.15) is 0 Å². The van der Waals surface area contributed by atoms with Gasteiger partial charge in [-0.1, -0.05) is 56.7 Å². The van der Waals surface area contributed by atoms with E-state index in [9.17, 15) is 0 Å². The summed E-state index contributed by atoms with van der Waals surface area (Å²) in [5, 5.41) is 0. The van der Waals surface area contributed by atoms with Crippen LogP contribution in [0.5, 0.6) is 0 Å². The van der Waals surface area contributed by atoms with Gasteiger partial charge in [-0.3, -0.25) is 6.08 Å². The van der Waals surface area contributed by atoms with E-state index in [1.165, 1.54) is 109 Å². The topological polar surface area (TPSA) is 0 Å². The number of benzene rings is 4. The zero-order valence-electron chi connectivity index (χ0n) is 30.5. The van der Waals surface area contributed by atoms with E-state index in [-0.39, 0.29) is 24.8 Å². The molecule has 6 aliphatic carbocycles. The van der Waals surface area contributed by atoms with Crippen molar-refractivity contribution in [3.8, 4) is 11.1 Å². The molecule has 4 aromatic carbocycles. The van der Waals surface area contributed by atoms with Crippen LogP contribution in [0.15, 0.2) is 96.6 Å². The number of hydrogen-bond acceptors (Lipinski definition) is 0. The van der Waals surface area contributed by atoms with Crippen LogP contribution in [0, 0.1) is 74.8 Å². The molecule has 6 aliphatic rings. The molecule has 0 aliphatic heterocycles. The molecule has 0 heterocycles. The Kier molecular flexibility index (Phi) is 12.6. The number of fused-ring (bicyclic) bond motifs is 3. The molecule has 10 rings (SSSR count). The van der Waals surface area contributed by atoms with Gasteiger partial charge in [-0.05, 0) is 92.7 Å². The predicted molar refractivity (Wildman–Crippen MR) is 199 cm³/mol. The summed E-state index contributed by atoms with van der Waals surface area (Å²) >= 11 is 1.46. The maximum atomic E-state index is 3.54. The molecule has 1 atom stereocenters. The van der Waals surface area contributed by atoms with Crippen molar-refractivity contribution in [2.45, 2.75) is 80.1 Å². The standard InChI is InChI=1S/C17H23.C17H17.C13H10.2ClH.Zr/c1-11-3-4-14(5-11)17(2)15-7-12-6-13(9-15)10-16(17)8-12;1-10-5-14-9-15-6-11(2)13(4)8-17(15)16(14)7-12(10)3;1-3-7-12(8-4-1)11-13-9-5-2-6-10-13;;;/h4-5,11-13,15-16H,6-10H2,1-2H3;5,7-8H,9H2,1-4H3;1-10H;2*1H;/q2*-1;;;;+2/p-2. The fraction of sp³-hybridized carbons (Fsp3) is 0.383. The van der Waals surface area contributed by atoms with Gasteiger partial charge >= 0.3 is 99.2 Å². The fourth-order valence-corrected chi connectivity index (χ4v) is 10.4. The maximum absolute atomic E-state index is 3.54. The van der Waals surface area contributed by atoms with Gasteiger partial charge in [0.05, 0.1) is 0 Å². The number of aryl methyl sites for hydroxylation is 4. The first kappa shape index (κ1) is 38.9. The van der Waals surface area contributed by atoms with E-state index in [1.807, 2.05) is 0 Å². The molecule has 0 spiro atoms. The SMILES string of the molecule is CC1[C-]=CC(C2(C)C3CC4CC(C3)CC2C4)=C1.Cc1[c-]c2c(cc1C)-c1cc(C)c(C)cc1C2.[Cl-].[Cl-].[Zr+2]=[C](c1ccccc1)c1ccccc1. The third kappa shape index (κ3) is 7.73. The molecule has 0 N–H and O–H groups in total. The Balaban J connectivity index is 0.000000144. The van der Waals surface area contributed by atoms with E-state index in [0.29, 0.717) is 11.3 Å². The molecule has 1 unspecified atom stereocenters. The third-order valence-electron chi connectivity index (χ3n) is 12.5. The summed E-state index contributed by atoms with van der Waals surface area (Å²) in [6.45, 7) is 13.5. The summed E-state index contributed by atoms with van der Waals surface area (Å²) < 4.78 is 1.42. The molecule has 3 heteroatoms. The summed E-state index contributed by atoms with van der Waals surface area (Å²) in [6, 6.07) is 31.6. The van der Waals surface area contributed by atoms with Gasteiger partial charge < -0.3 is 24.8 Å². The molecule has 4 fully saturated rings. The van der Waals surface area contributed by atoms with E-state index in [1.54, 1.807) is 12.0 Å². The Bertz CT molecular complexity index is 1760. The van der Waals surface area contributed by atoms with E-state index in [4.69, 9.17) is 0 Å². The van der Waals surface area contributed by atoms with Crippen LogP contribution in [0.1, 0.15) is 90.5 Å². The van der Waals surface area contributed by atoms with Crippen molar-refractivity contribution in [1.29, 1.82) is 0 Å². The van der Waals surface area contributed by atoms with Gasteiger partial charge in [-0.15, -0.1) is 11.1 Å². The second kappa shape index (κ2) is 16.2. The third-order valence-corrected chi connectivity index (χ3v) is 13.9. The number of allylic oxidation sites excluding steroid dienone is 4. The van der Waals surface area contributed by atoms with E-state index >= 15 is 0 Å². The molecule has 4 bridgehead atoms. The predicted octanol–water partition coefficient (Wildman–Crippen LogP) is 5.49. The fourth-order valence-electron chi connectivity index (χ4n) is 9.58. The van der Waals surface area contributed by atoms with Crippen LogP contribution in [-0.2, 0) is 30.7 Å². The summed E-state index contributed by atoms with van der Waals surface area (Å²) in [4.78, 5) is 0. The van der Waals surface area contributed by atoms with Crippen LogP contribution in [0.2, 0.25) is 0 Å². The Labute approximate surface area is 329 Å². The monoisotopic (exact) mass is 774 g/mol. The van der Waals surface area contributed by atoms with Crippen molar-refractivity contribution in [3.05, 3.63) is 153 Å². The van der Waals surface area contributed by atoms with E-state index in [2.05, 4.69) is 145 Å². The average molecular weight is 777 g/mol. The molecule has 0 amide bonds. The van der Waals surface area contributed by atoms with E-state index < -0.39 is 0 Å². The van der Waals surface area contributed by atoms with Crippen molar-refractivity contribution < 1.29 is 49.0 Å². The van der Waals surface area contributed by atoms with Crippen LogP contribution >= 0.6 is 0 Å². The van der Waals surface area contributed by atoms with Crippen LogP contribution in [0.3, 0.4) is 0 Å². The molecule has 4 saturated carbocycles. The molecule has 50 heavy (non-hydrogen) atoms. The quantitative estimate of drug-likeness (QED) is 0.213. The van der Waals surface area contributed by atoms with Gasteiger partial charge in [-0.2, -0.15) is 34.9 Å². The Morgan fingerprint density at radius 3 is 1.74 bits per heavy atom. The molecule has 4 aromatic rings. The molecule has 0 nitrogen and oxygen atoms in total. The van der Waals surface area contributed by atoms with Crippen molar-refractivity contribution in [2.24, 2.45) is 35.0 Å². The Morgan fingerprint density at radius 1 is 0.700 bits per heavy atom. The van der Waals surface area contributed by atoms with Crippen molar-refractivity contribution in [2.75, 3.05) is 0 Å². The van der Waals surface area contributed by atoms with Crippen molar-refractivity contribution >= 4 is 3.21 Å². The summed E-state index contributed by atoms with van der Waals surface area (Å²) in [5.41, 5.74) is 15.9. The molecule has 0 saturated heterocycles. The van der Waals surface area contributed by atoms with Crippen LogP contribution < -0.4 is 24.8 Å². The first-order valence-corrected chi connectivity index (χ1v) is 19.5. The molecule has 0 radical (unpaired) electrons. The van der Waals surface area contributed by atoms with Gasteiger partial charge in [-0.25, -0.2) is 6.08 Å². The summed E-state index contributed by atoms with van der Waals surface area (Å²) in [6.07, 6.45) is 17.0. The van der Waals surface area contributed by atoms with Crippen LogP contribution in [0.4, 0.5) is 0 Å². The van der Waals surface area contributed by atoms with Gasteiger partial charge in [0, 0.05) is 0 Å². The normalized spacial score (nSPS) is 25.8. The number of hydrogen-bond donors (Lipinski definition) is 0. The molecule has 258 valence electrons. The second-order valence-electron chi connectivity index (χ2n) is 15.7. The zero-order valence-corrected chi connectivity index (χ0v) is 34.5. The molecular weight excluding hydrogens is 727 g/mol. The van der Waals surface area contributed by atoms with Crippen LogP contribution in [0.25, 0.3) is 11.1 Å². The minimum atomic E-state index is 0. The van der Waals surface area contributed by atoms with Gasteiger partial charge in [0.2, 0.25) is 0 Å². The van der Waals surface area contributed by atoms with E-state index in [0.717, 1.165) is 30.1 Å². The first-order valence-electron chi connectivity index (χ1n) is 18.2. The Morgan fingerprint density at radius 2 is 1.22 bits per heavy atom. The average Bonchev–Trinajstić information content (AvgIpc) is 3.67. The van der Waals surface area contributed by atoms with Gasteiger partial charge in [0.25, 0.3) is 0 Å². The second-order valence-corrected chi connectivity index (χ2v) is 16.9. The number of rotatable bonds is 3. The summed E-state index contributed by atoms with van der Waals surface area (Å²) in [5.74, 6) is 4.68. The molecular formula is C47H50Cl2Zr-2. The molecule has 0 aromatic heterocycles. The Hall–Kier alpha value is -2.31.